The molecule has 0 bridgehead atoms. The van der Waals surface area contributed by atoms with E-state index < -0.39 is 0 Å². The molecule has 3 aromatic rings. The van der Waals surface area contributed by atoms with Gasteiger partial charge in [0.1, 0.15) is 5.01 Å². The number of hydrogen-bond donors (Lipinski definition) is 1. The highest BCUT2D eigenvalue weighted by Crippen LogP contribution is 2.31. The molecule has 0 saturated heterocycles. The van der Waals surface area contributed by atoms with Gasteiger partial charge in [-0.3, -0.25) is 10.1 Å². The average molecular weight is 409 g/mol. The SMILES string of the molecule is CCn1c(SCC(=O)Nc2nnc(C)s2)nnc1-c1csc(C(C)C)c1. The van der Waals surface area contributed by atoms with E-state index >= 15 is 0 Å². The third-order valence-corrected chi connectivity index (χ3v) is 6.54. The lowest BCUT2D eigenvalue weighted by Crippen LogP contribution is -2.14. The minimum atomic E-state index is -0.129. The molecular weight excluding hydrogens is 388 g/mol. The number of thioether (sulfide) groups is 1. The van der Waals surface area contributed by atoms with Crippen LogP contribution in [0.5, 0.6) is 0 Å². The van der Waals surface area contributed by atoms with Crippen molar-refractivity contribution in [3.05, 3.63) is 21.3 Å². The fourth-order valence-electron chi connectivity index (χ4n) is 2.30. The lowest BCUT2D eigenvalue weighted by Gasteiger charge is -2.06. The number of anilines is 1. The van der Waals surface area contributed by atoms with E-state index in [9.17, 15) is 4.79 Å². The Morgan fingerprint density at radius 1 is 1.31 bits per heavy atom. The van der Waals surface area contributed by atoms with Gasteiger partial charge < -0.3 is 4.57 Å². The molecule has 26 heavy (non-hydrogen) atoms. The Hall–Kier alpha value is -1.78. The molecule has 138 valence electrons. The molecule has 0 fully saturated rings. The highest BCUT2D eigenvalue weighted by molar-refractivity contribution is 7.99. The summed E-state index contributed by atoms with van der Waals surface area (Å²) in [5, 5.41) is 23.4. The van der Waals surface area contributed by atoms with Gasteiger partial charge in [0, 0.05) is 22.4 Å². The number of thiophene rings is 1. The van der Waals surface area contributed by atoms with Crippen LogP contribution in [-0.4, -0.2) is 36.6 Å². The zero-order valence-electron chi connectivity index (χ0n) is 15.0. The van der Waals surface area contributed by atoms with E-state index in [2.05, 4.69) is 57.9 Å². The van der Waals surface area contributed by atoms with Crippen molar-refractivity contribution in [2.75, 3.05) is 11.1 Å². The van der Waals surface area contributed by atoms with E-state index in [0.29, 0.717) is 11.0 Å². The van der Waals surface area contributed by atoms with Crippen LogP contribution in [0.15, 0.2) is 16.6 Å². The van der Waals surface area contributed by atoms with E-state index in [1.807, 2.05) is 11.5 Å². The van der Waals surface area contributed by atoms with Crippen molar-refractivity contribution in [2.45, 2.75) is 45.3 Å². The van der Waals surface area contributed by atoms with Crippen molar-refractivity contribution in [1.82, 2.24) is 25.0 Å². The fourth-order valence-corrected chi connectivity index (χ4v) is 4.61. The molecule has 0 unspecified atom stereocenters. The Morgan fingerprint density at radius 2 is 2.12 bits per heavy atom. The summed E-state index contributed by atoms with van der Waals surface area (Å²) in [5.41, 5.74) is 1.08. The molecule has 0 aromatic carbocycles. The van der Waals surface area contributed by atoms with E-state index in [1.165, 1.54) is 28.0 Å². The Bertz CT molecular complexity index is 898. The number of aryl methyl sites for hydroxylation is 1. The van der Waals surface area contributed by atoms with Crippen LogP contribution >= 0.6 is 34.4 Å². The Morgan fingerprint density at radius 3 is 2.73 bits per heavy atom. The van der Waals surface area contributed by atoms with Gasteiger partial charge in [0.05, 0.1) is 5.75 Å². The molecule has 0 radical (unpaired) electrons. The van der Waals surface area contributed by atoms with Crippen LogP contribution in [0, 0.1) is 6.92 Å². The largest absolute Gasteiger partial charge is 0.302 e. The monoisotopic (exact) mass is 408 g/mol. The maximum Gasteiger partial charge on any atom is 0.236 e. The van der Waals surface area contributed by atoms with E-state index in [4.69, 9.17) is 0 Å². The molecule has 3 aromatic heterocycles. The number of aromatic nitrogens is 5. The third-order valence-electron chi connectivity index (χ3n) is 3.58. The number of nitrogens with one attached hydrogen (secondary N) is 1. The van der Waals surface area contributed by atoms with Crippen LogP contribution in [0.2, 0.25) is 0 Å². The average Bonchev–Trinajstić information content (AvgIpc) is 3.31. The van der Waals surface area contributed by atoms with Crippen molar-refractivity contribution >= 4 is 45.5 Å². The summed E-state index contributed by atoms with van der Waals surface area (Å²) < 4.78 is 2.04. The number of carbonyl (C=O) groups excluding carboxylic acids is 1. The first-order chi connectivity index (χ1) is 12.5. The lowest BCUT2D eigenvalue weighted by atomic mass is 10.1. The van der Waals surface area contributed by atoms with Gasteiger partial charge in [0.25, 0.3) is 0 Å². The Kier molecular flexibility index (Phi) is 6.05. The van der Waals surface area contributed by atoms with Gasteiger partial charge >= 0.3 is 0 Å². The van der Waals surface area contributed by atoms with Gasteiger partial charge in [-0.05, 0) is 25.8 Å². The zero-order valence-corrected chi connectivity index (χ0v) is 17.5. The topological polar surface area (TPSA) is 85.6 Å². The van der Waals surface area contributed by atoms with Crippen LogP contribution in [0.3, 0.4) is 0 Å². The quantitative estimate of drug-likeness (QED) is 0.594. The van der Waals surface area contributed by atoms with Crippen LogP contribution in [-0.2, 0) is 11.3 Å². The normalized spacial score (nSPS) is 11.3. The minimum absolute atomic E-state index is 0.129. The summed E-state index contributed by atoms with van der Waals surface area (Å²) in [6.07, 6.45) is 0. The molecule has 0 aliphatic rings. The van der Waals surface area contributed by atoms with Crippen LogP contribution in [0.4, 0.5) is 5.13 Å². The van der Waals surface area contributed by atoms with Crippen molar-refractivity contribution in [1.29, 1.82) is 0 Å². The summed E-state index contributed by atoms with van der Waals surface area (Å²) in [7, 11) is 0. The first-order valence-electron chi connectivity index (χ1n) is 8.22. The molecule has 0 atom stereocenters. The molecule has 3 heterocycles. The second-order valence-electron chi connectivity index (χ2n) is 5.91. The summed E-state index contributed by atoms with van der Waals surface area (Å²) in [6, 6.07) is 2.17. The highest BCUT2D eigenvalue weighted by atomic mass is 32.2. The van der Waals surface area contributed by atoms with E-state index in [-0.39, 0.29) is 11.7 Å². The van der Waals surface area contributed by atoms with Gasteiger partial charge in [0.15, 0.2) is 11.0 Å². The molecule has 3 rings (SSSR count). The van der Waals surface area contributed by atoms with Crippen molar-refractivity contribution in [2.24, 2.45) is 0 Å². The highest BCUT2D eigenvalue weighted by Gasteiger charge is 2.17. The molecule has 0 saturated carbocycles. The smallest absolute Gasteiger partial charge is 0.236 e. The minimum Gasteiger partial charge on any atom is -0.302 e. The zero-order chi connectivity index (χ0) is 18.7. The molecule has 0 spiro atoms. The fraction of sp³-hybridized carbons (Fsp3) is 0.438. The van der Waals surface area contributed by atoms with Gasteiger partial charge in [0.2, 0.25) is 11.0 Å². The van der Waals surface area contributed by atoms with Crippen LogP contribution in [0.1, 0.15) is 36.6 Å². The summed E-state index contributed by atoms with van der Waals surface area (Å²) in [5.74, 6) is 1.46. The second kappa shape index (κ2) is 8.28. The molecule has 7 nitrogen and oxygen atoms in total. The Labute approximate surface area is 164 Å². The van der Waals surface area contributed by atoms with Gasteiger partial charge in [-0.25, -0.2) is 0 Å². The summed E-state index contributed by atoms with van der Waals surface area (Å²) in [4.78, 5) is 13.4. The Balaban J connectivity index is 1.68. The third kappa shape index (κ3) is 4.30. The maximum atomic E-state index is 12.1. The molecule has 0 aliphatic heterocycles. The molecular formula is C16H20N6OS3. The predicted molar refractivity (Wildman–Crippen MR) is 107 cm³/mol. The second-order valence-corrected chi connectivity index (χ2v) is 8.97. The number of nitrogens with zero attached hydrogens (tertiary/aromatic N) is 5. The standard InChI is InChI=1S/C16H20N6OS3/c1-5-22-14(11-6-12(9(2)3)24-7-11)19-21-16(22)25-8-13(23)17-15-20-18-10(4)26-15/h6-7,9H,5,8H2,1-4H3,(H,17,20,23). The van der Waals surface area contributed by atoms with Gasteiger partial charge in [-0.15, -0.1) is 31.7 Å². The van der Waals surface area contributed by atoms with Crippen LogP contribution < -0.4 is 5.32 Å². The number of rotatable bonds is 7. The molecule has 0 aliphatic carbocycles. The van der Waals surface area contributed by atoms with Crippen molar-refractivity contribution in [3.8, 4) is 11.4 Å². The summed E-state index contributed by atoms with van der Waals surface area (Å²) >= 11 is 4.47. The molecule has 1 N–H and O–H groups in total. The van der Waals surface area contributed by atoms with E-state index in [1.54, 1.807) is 11.3 Å². The first-order valence-corrected chi connectivity index (χ1v) is 10.9. The first kappa shape index (κ1) is 19.0. The number of amides is 1. The van der Waals surface area contributed by atoms with E-state index in [0.717, 1.165) is 28.1 Å². The van der Waals surface area contributed by atoms with Gasteiger partial charge in [-0.2, -0.15) is 0 Å². The number of hydrogen-bond acceptors (Lipinski definition) is 8. The van der Waals surface area contributed by atoms with Crippen molar-refractivity contribution < 1.29 is 4.79 Å². The maximum absolute atomic E-state index is 12.1. The van der Waals surface area contributed by atoms with Gasteiger partial charge in [-0.1, -0.05) is 36.9 Å². The van der Waals surface area contributed by atoms with Crippen LogP contribution in [0.25, 0.3) is 11.4 Å². The molecule has 1 amide bonds. The summed E-state index contributed by atoms with van der Waals surface area (Å²) in [6.45, 7) is 9.01. The lowest BCUT2D eigenvalue weighted by molar-refractivity contribution is -0.113. The predicted octanol–water partition coefficient (Wildman–Crippen LogP) is 4.04. The number of carbonyl (C=O) groups is 1. The van der Waals surface area contributed by atoms with Crippen molar-refractivity contribution in [3.63, 3.8) is 0 Å². The molecule has 10 heteroatoms.